The minimum atomic E-state index is -0.224. The summed E-state index contributed by atoms with van der Waals surface area (Å²) in [6.45, 7) is 5.12. The molecule has 21 heavy (non-hydrogen) atoms. The Morgan fingerprint density at radius 3 is 2.86 bits per heavy atom. The minimum Gasteiger partial charge on any atom is -0.310 e. The average molecular weight is 369 g/mol. The van der Waals surface area contributed by atoms with Gasteiger partial charge in [-0.3, -0.25) is 0 Å². The van der Waals surface area contributed by atoms with Gasteiger partial charge >= 0.3 is 0 Å². The average Bonchev–Trinajstić information content (AvgIpc) is 3.19. The number of thiazole rings is 1. The standard InChI is InChI=1S/C16H18BrFN2S/c1-9(2)19-8-14-15(10-3-4-10)20-16(21-14)12-7-11(18)5-6-13(12)17/h5-7,9-10,19H,3-4,8H2,1-2H3. The Hall–Kier alpha value is -0.780. The molecule has 0 aliphatic heterocycles. The van der Waals surface area contributed by atoms with E-state index in [-0.39, 0.29) is 5.82 Å². The summed E-state index contributed by atoms with van der Waals surface area (Å²) in [5, 5.41) is 4.37. The smallest absolute Gasteiger partial charge is 0.125 e. The molecular formula is C16H18BrFN2S. The highest BCUT2D eigenvalue weighted by Gasteiger charge is 2.30. The highest BCUT2D eigenvalue weighted by molar-refractivity contribution is 9.10. The largest absolute Gasteiger partial charge is 0.310 e. The van der Waals surface area contributed by atoms with E-state index in [9.17, 15) is 4.39 Å². The molecule has 0 amide bonds. The van der Waals surface area contributed by atoms with Gasteiger partial charge in [0.1, 0.15) is 10.8 Å². The molecular weight excluding hydrogens is 351 g/mol. The number of hydrogen-bond acceptors (Lipinski definition) is 3. The van der Waals surface area contributed by atoms with Gasteiger partial charge in [0.2, 0.25) is 0 Å². The Morgan fingerprint density at radius 2 is 2.19 bits per heavy atom. The quantitative estimate of drug-likeness (QED) is 0.794. The van der Waals surface area contributed by atoms with Crippen molar-refractivity contribution in [2.24, 2.45) is 0 Å². The lowest BCUT2D eigenvalue weighted by molar-refractivity contribution is 0.590. The maximum absolute atomic E-state index is 13.5. The summed E-state index contributed by atoms with van der Waals surface area (Å²) in [6, 6.07) is 5.21. The van der Waals surface area contributed by atoms with Crippen LogP contribution < -0.4 is 5.32 Å². The maximum atomic E-state index is 13.5. The zero-order chi connectivity index (χ0) is 15.0. The molecule has 1 saturated carbocycles. The molecule has 1 aromatic carbocycles. The zero-order valence-corrected chi connectivity index (χ0v) is 14.5. The van der Waals surface area contributed by atoms with E-state index >= 15 is 0 Å². The summed E-state index contributed by atoms with van der Waals surface area (Å²) in [7, 11) is 0. The minimum absolute atomic E-state index is 0.224. The van der Waals surface area contributed by atoms with Crippen LogP contribution in [0.3, 0.4) is 0 Å². The Morgan fingerprint density at radius 1 is 1.43 bits per heavy atom. The molecule has 1 aliphatic rings. The van der Waals surface area contributed by atoms with Gasteiger partial charge in [-0.15, -0.1) is 11.3 Å². The first-order valence-electron chi connectivity index (χ1n) is 7.23. The van der Waals surface area contributed by atoms with Gasteiger partial charge in [-0.2, -0.15) is 0 Å². The lowest BCUT2D eigenvalue weighted by Gasteiger charge is -2.07. The Bertz CT molecular complexity index is 650. The lowest BCUT2D eigenvalue weighted by atomic mass is 10.2. The number of hydrogen-bond donors (Lipinski definition) is 1. The van der Waals surface area contributed by atoms with Gasteiger partial charge in [-0.05, 0) is 31.0 Å². The molecule has 0 atom stereocenters. The summed E-state index contributed by atoms with van der Waals surface area (Å²) < 4.78 is 14.4. The first-order chi connectivity index (χ1) is 10.0. The number of nitrogens with zero attached hydrogens (tertiary/aromatic N) is 1. The second-order valence-corrected chi connectivity index (χ2v) is 7.70. The summed E-state index contributed by atoms with van der Waals surface area (Å²) in [4.78, 5) is 6.09. The van der Waals surface area contributed by atoms with E-state index in [4.69, 9.17) is 4.98 Å². The Balaban J connectivity index is 1.95. The molecule has 1 fully saturated rings. The van der Waals surface area contributed by atoms with Crippen LogP contribution in [0.5, 0.6) is 0 Å². The first-order valence-corrected chi connectivity index (χ1v) is 8.84. The van der Waals surface area contributed by atoms with Gasteiger partial charge in [0, 0.05) is 33.4 Å². The van der Waals surface area contributed by atoms with E-state index in [1.165, 1.54) is 29.5 Å². The third-order valence-electron chi connectivity index (χ3n) is 3.52. The van der Waals surface area contributed by atoms with E-state index in [1.807, 2.05) is 0 Å². The second kappa shape index (κ2) is 6.15. The fourth-order valence-corrected chi connectivity index (χ4v) is 3.93. The van der Waals surface area contributed by atoms with Crippen LogP contribution in [-0.2, 0) is 6.54 Å². The molecule has 112 valence electrons. The third kappa shape index (κ3) is 3.52. The van der Waals surface area contributed by atoms with Crippen molar-refractivity contribution in [3.05, 3.63) is 39.1 Å². The van der Waals surface area contributed by atoms with Crippen molar-refractivity contribution in [1.82, 2.24) is 10.3 Å². The molecule has 3 rings (SSSR count). The SMILES string of the molecule is CC(C)NCc1sc(-c2cc(F)ccc2Br)nc1C1CC1. The van der Waals surface area contributed by atoms with Crippen molar-refractivity contribution in [2.45, 2.75) is 45.2 Å². The van der Waals surface area contributed by atoms with Gasteiger partial charge in [0.05, 0.1) is 5.69 Å². The Kier molecular flexibility index (Phi) is 4.43. The van der Waals surface area contributed by atoms with Gasteiger partial charge in [-0.1, -0.05) is 29.8 Å². The summed E-state index contributed by atoms with van der Waals surface area (Å²) in [5.74, 6) is 0.379. The van der Waals surface area contributed by atoms with Gasteiger partial charge < -0.3 is 5.32 Å². The molecule has 1 aromatic heterocycles. The van der Waals surface area contributed by atoms with E-state index in [0.29, 0.717) is 12.0 Å². The summed E-state index contributed by atoms with van der Waals surface area (Å²) >= 11 is 5.18. The number of aromatic nitrogens is 1. The van der Waals surface area contributed by atoms with E-state index < -0.39 is 0 Å². The molecule has 5 heteroatoms. The van der Waals surface area contributed by atoms with Crippen molar-refractivity contribution in [1.29, 1.82) is 0 Å². The van der Waals surface area contributed by atoms with Gasteiger partial charge in [0.25, 0.3) is 0 Å². The van der Waals surface area contributed by atoms with Crippen LogP contribution >= 0.6 is 27.3 Å². The van der Waals surface area contributed by atoms with Crippen LogP contribution in [0.15, 0.2) is 22.7 Å². The van der Waals surface area contributed by atoms with Crippen LogP contribution in [0.2, 0.25) is 0 Å². The highest BCUT2D eigenvalue weighted by atomic mass is 79.9. The summed E-state index contributed by atoms with van der Waals surface area (Å²) in [6.07, 6.45) is 2.45. The molecule has 1 heterocycles. The Labute approximate surface area is 136 Å². The molecule has 2 nitrogen and oxygen atoms in total. The number of halogens is 2. The maximum Gasteiger partial charge on any atom is 0.125 e. The van der Waals surface area contributed by atoms with E-state index in [1.54, 1.807) is 23.5 Å². The fraction of sp³-hybridized carbons (Fsp3) is 0.438. The van der Waals surface area contributed by atoms with Crippen LogP contribution in [0.25, 0.3) is 10.6 Å². The molecule has 0 saturated heterocycles. The zero-order valence-electron chi connectivity index (χ0n) is 12.1. The van der Waals surface area contributed by atoms with Crippen LogP contribution in [0.4, 0.5) is 4.39 Å². The van der Waals surface area contributed by atoms with Crippen LogP contribution in [-0.4, -0.2) is 11.0 Å². The molecule has 1 aliphatic carbocycles. The van der Waals surface area contributed by atoms with Crippen LogP contribution in [0, 0.1) is 5.82 Å². The molecule has 0 unspecified atom stereocenters. The lowest BCUT2D eigenvalue weighted by Crippen LogP contribution is -2.21. The predicted octanol–water partition coefficient (Wildman–Crippen LogP) is 5.09. The molecule has 0 spiro atoms. The normalized spacial score (nSPS) is 14.9. The van der Waals surface area contributed by atoms with Crippen molar-refractivity contribution in [3.63, 3.8) is 0 Å². The second-order valence-electron chi connectivity index (χ2n) is 5.76. The van der Waals surface area contributed by atoms with E-state index in [0.717, 1.165) is 21.6 Å². The molecule has 0 bridgehead atoms. The topological polar surface area (TPSA) is 24.9 Å². The molecule has 2 aromatic rings. The van der Waals surface area contributed by atoms with Gasteiger partial charge in [-0.25, -0.2) is 9.37 Å². The predicted molar refractivity (Wildman–Crippen MR) is 89.2 cm³/mol. The fourth-order valence-electron chi connectivity index (χ4n) is 2.24. The third-order valence-corrected chi connectivity index (χ3v) is 5.32. The van der Waals surface area contributed by atoms with Crippen molar-refractivity contribution >= 4 is 27.3 Å². The summed E-state index contributed by atoms with van der Waals surface area (Å²) in [5.41, 5.74) is 2.05. The van der Waals surface area contributed by atoms with Crippen molar-refractivity contribution in [3.8, 4) is 10.6 Å². The van der Waals surface area contributed by atoms with Crippen molar-refractivity contribution in [2.75, 3.05) is 0 Å². The molecule has 1 N–H and O–H groups in total. The van der Waals surface area contributed by atoms with Crippen molar-refractivity contribution < 1.29 is 4.39 Å². The number of rotatable bonds is 5. The number of nitrogens with one attached hydrogen (secondary N) is 1. The van der Waals surface area contributed by atoms with Gasteiger partial charge in [0.15, 0.2) is 0 Å². The van der Waals surface area contributed by atoms with E-state index in [2.05, 4.69) is 35.1 Å². The first kappa shape index (κ1) is 15.1. The highest BCUT2D eigenvalue weighted by Crippen LogP contribution is 2.45. The molecule has 0 radical (unpaired) electrons. The monoisotopic (exact) mass is 368 g/mol. The number of benzene rings is 1. The van der Waals surface area contributed by atoms with Crippen LogP contribution in [0.1, 0.15) is 43.2 Å².